The van der Waals surface area contributed by atoms with Crippen molar-refractivity contribution in [1.82, 2.24) is 4.98 Å². The van der Waals surface area contributed by atoms with Gasteiger partial charge in [-0.05, 0) is 6.07 Å². The van der Waals surface area contributed by atoms with Crippen LogP contribution in [-0.4, -0.2) is 4.98 Å². The molecule has 0 atom stereocenters. The summed E-state index contributed by atoms with van der Waals surface area (Å²) in [5.41, 5.74) is 1.90. The molecule has 0 saturated heterocycles. The van der Waals surface area contributed by atoms with Crippen molar-refractivity contribution in [2.45, 2.75) is 0 Å². The summed E-state index contributed by atoms with van der Waals surface area (Å²) < 4.78 is 0. The van der Waals surface area contributed by atoms with Crippen LogP contribution in [0.4, 0.5) is 0 Å². The van der Waals surface area contributed by atoms with Gasteiger partial charge in [0.15, 0.2) is 0 Å². The molecule has 2 aromatic rings. The Morgan fingerprint density at radius 3 is 2.12 bits per heavy atom. The molecule has 0 amide bonds. The number of hydrogen-bond donors (Lipinski definition) is 0. The fourth-order valence-corrected chi connectivity index (χ4v) is 1.81. The fraction of sp³-hybridized carbons (Fsp3) is 0. The monoisotopic (exact) mass is 239 g/mol. The first-order chi connectivity index (χ1) is 8.27. The van der Waals surface area contributed by atoms with Gasteiger partial charge < -0.3 is 0 Å². The highest BCUT2D eigenvalue weighted by atomic mass is 35.5. The average molecular weight is 240 g/mol. The predicted molar refractivity (Wildman–Crippen MR) is 64.1 cm³/mol. The van der Waals surface area contributed by atoms with Crippen LogP contribution in [0.1, 0.15) is 11.1 Å². The second-order valence-corrected chi connectivity index (χ2v) is 3.72. The van der Waals surface area contributed by atoms with Gasteiger partial charge in [-0.2, -0.15) is 10.5 Å². The Labute approximate surface area is 104 Å². The fourth-order valence-electron chi connectivity index (χ4n) is 1.58. The number of hydrogen-bond acceptors (Lipinski definition) is 3. The molecule has 17 heavy (non-hydrogen) atoms. The number of pyridine rings is 1. The predicted octanol–water partition coefficient (Wildman–Crippen LogP) is 3.15. The normalized spacial score (nSPS) is 9.35. The van der Waals surface area contributed by atoms with Gasteiger partial charge in [-0.3, -0.25) is 4.98 Å². The lowest BCUT2D eigenvalue weighted by Crippen LogP contribution is -1.92. The molecule has 0 spiro atoms. The second kappa shape index (κ2) is 4.65. The van der Waals surface area contributed by atoms with Gasteiger partial charge >= 0.3 is 0 Å². The van der Waals surface area contributed by atoms with E-state index in [1.165, 1.54) is 12.4 Å². The first-order valence-electron chi connectivity index (χ1n) is 4.81. The van der Waals surface area contributed by atoms with E-state index in [1.54, 1.807) is 18.2 Å². The molecular weight excluding hydrogens is 234 g/mol. The van der Waals surface area contributed by atoms with E-state index in [4.69, 9.17) is 22.1 Å². The summed E-state index contributed by atoms with van der Waals surface area (Å²) in [7, 11) is 0. The highest BCUT2D eigenvalue weighted by Crippen LogP contribution is 2.32. The molecule has 0 fully saturated rings. The lowest BCUT2D eigenvalue weighted by atomic mass is 9.98. The molecule has 1 aromatic carbocycles. The van der Waals surface area contributed by atoms with Crippen LogP contribution in [0, 0.1) is 22.7 Å². The van der Waals surface area contributed by atoms with Gasteiger partial charge in [0.1, 0.15) is 12.1 Å². The van der Waals surface area contributed by atoms with Crippen molar-refractivity contribution in [2.75, 3.05) is 0 Å². The quantitative estimate of drug-likeness (QED) is 0.768. The zero-order valence-corrected chi connectivity index (χ0v) is 9.44. The Kier molecular flexibility index (Phi) is 3.05. The van der Waals surface area contributed by atoms with Crippen LogP contribution in [0.3, 0.4) is 0 Å². The Hall–Kier alpha value is -2.36. The number of aromatic nitrogens is 1. The first kappa shape index (κ1) is 11.1. The third kappa shape index (κ3) is 1.97. The topological polar surface area (TPSA) is 60.5 Å². The summed E-state index contributed by atoms with van der Waals surface area (Å²) in [6.07, 6.45) is 2.86. The van der Waals surface area contributed by atoms with Gasteiger partial charge in [-0.15, -0.1) is 0 Å². The molecule has 3 nitrogen and oxygen atoms in total. The molecule has 80 valence electrons. The van der Waals surface area contributed by atoms with Gasteiger partial charge in [-0.1, -0.05) is 29.8 Å². The van der Waals surface area contributed by atoms with Gasteiger partial charge in [0, 0.05) is 28.5 Å². The highest BCUT2D eigenvalue weighted by Gasteiger charge is 2.13. The number of benzene rings is 1. The Bertz CT molecular complexity index is 618. The van der Waals surface area contributed by atoms with Crippen LogP contribution in [0.2, 0.25) is 5.02 Å². The van der Waals surface area contributed by atoms with Gasteiger partial charge in [0.05, 0.1) is 11.1 Å². The van der Waals surface area contributed by atoms with Crippen molar-refractivity contribution in [3.05, 3.63) is 52.8 Å². The Morgan fingerprint density at radius 1 is 1.00 bits per heavy atom. The van der Waals surface area contributed by atoms with Crippen molar-refractivity contribution in [3.63, 3.8) is 0 Å². The molecule has 4 heteroatoms. The molecule has 2 rings (SSSR count). The van der Waals surface area contributed by atoms with Crippen LogP contribution >= 0.6 is 11.6 Å². The first-order valence-corrected chi connectivity index (χ1v) is 5.19. The Balaban J connectivity index is 2.80. The summed E-state index contributed by atoms with van der Waals surface area (Å²) in [5, 5.41) is 18.6. The lowest BCUT2D eigenvalue weighted by molar-refractivity contribution is 1.28. The number of nitriles is 2. The molecule has 0 aliphatic rings. The summed E-state index contributed by atoms with van der Waals surface area (Å²) in [6.45, 7) is 0. The van der Waals surface area contributed by atoms with Crippen LogP contribution < -0.4 is 0 Å². The van der Waals surface area contributed by atoms with Crippen molar-refractivity contribution >= 4 is 11.6 Å². The van der Waals surface area contributed by atoms with E-state index in [9.17, 15) is 0 Å². The minimum atomic E-state index is 0.345. The largest absolute Gasteiger partial charge is 0.262 e. The SMILES string of the molecule is N#Cc1cncc(C#N)c1-c1ccccc1Cl. The standard InChI is InChI=1S/C13H6ClN3/c14-12-4-2-1-3-11(12)13-9(5-15)7-17-8-10(13)6-16/h1-4,7-8H. The molecular formula is C13H6ClN3. The van der Waals surface area contributed by atoms with E-state index >= 15 is 0 Å². The van der Waals surface area contributed by atoms with Crippen LogP contribution in [0.25, 0.3) is 11.1 Å². The summed E-state index contributed by atoms with van der Waals surface area (Å²) in [5.74, 6) is 0. The highest BCUT2D eigenvalue weighted by molar-refractivity contribution is 6.33. The number of rotatable bonds is 1. The molecule has 0 bridgehead atoms. The average Bonchev–Trinajstić information content (AvgIpc) is 2.38. The zero-order chi connectivity index (χ0) is 12.3. The van der Waals surface area contributed by atoms with Crippen molar-refractivity contribution in [1.29, 1.82) is 10.5 Å². The minimum Gasteiger partial charge on any atom is -0.262 e. The maximum absolute atomic E-state index is 9.05. The van der Waals surface area contributed by atoms with Crippen molar-refractivity contribution in [3.8, 4) is 23.3 Å². The molecule has 1 heterocycles. The van der Waals surface area contributed by atoms with Crippen molar-refractivity contribution < 1.29 is 0 Å². The van der Waals surface area contributed by atoms with Crippen LogP contribution in [0.15, 0.2) is 36.7 Å². The van der Waals surface area contributed by atoms with Gasteiger partial charge in [-0.25, -0.2) is 0 Å². The maximum Gasteiger partial charge on any atom is 0.101 e. The molecule has 0 saturated carbocycles. The zero-order valence-electron chi connectivity index (χ0n) is 8.68. The second-order valence-electron chi connectivity index (χ2n) is 3.31. The molecule has 0 aliphatic carbocycles. The van der Waals surface area contributed by atoms with Crippen LogP contribution in [0.5, 0.6) is 0 Å². The van der Waals surface area contributed by atoms with E-state index in [2.05, 4.69) is 4.98 Å². The van der Waals surface area contributed by atoms with E-state index in [-0.39, 0.29) is 0 Å². The molecule has 0 radical (unpaired) electrons. The van der Waals surface area contributed by atoms with Gasteiger partial charge in [0.2, 0.25) is 0 Å². The number of halogens is 1. The van der Waals surface area contributed by atoms with E-state index < -0.39 is 0 Å². The van der Waals surface area contributed by atoms with Crippen molar-refractivity contribution in [2.24, 2.45) is 0 Å². The summed E-state index contributed by atoms with van der Waals surface area (Å²) in [6, 6.07) is 11.2. The van der Waals surface area contributed by atoms with Crippen LogP contribution in [-0.2, 0) is 0 Å². The lowest BCUT2D eigenvalue weighted by Gasteiger charge is -2.07. The Morgan fingerprint density at radius 2 is 1.59 bits per heavy atom. The molecule has 0 N–H and O–H groups in total. The molecule has 0 unspecified atom stereocenters. The number of nitrogens with zero attached hydrogens (tertiary/aromatic N) is 3. The van der Waals surface area contributed by atoms with Gasteiger partial charge in [0.25, 0.3) is 0 Å². The smallest absolute Gasteiger partial charge is 0.101 e. The molecule has 0 aliphatic heterocycles. The molecule has 1 aromatic heterocycles. The third-order valence-corrected chi connectivity index (χ3v) is 2.66. The third-order valence-electron chi connectivity index (χ3n) is 2.33. The minimum absolute atomic E-state index is 0.345. The summed E-state index contributed by atoms with van der Waals surface area (Å²) in [4.78, 5) is 3.85. The maximum atomic E-state index is 9.05. The summed E-state index contributed by atoms with van der Waals surface area (Å²) >= 11 is 6.08. The van der Waals surface area contributed by atoms with E-state index in [0.29, 0.717) is 27.3 Å². The van der Waals surface area contributed by atoms with E-state index in [0.717, 1.165) is 0 Å². The van der Waals surface area contributed by atoms with E-state index in [1.807, 2.05) is 18.2 Å².